The molecule has 0 radical (unpaired) electrons. The highest BCUT2D eigenvalue weighted by Crippen LogP contribution is 2.19. The van der Waals surface area contributed by atoms with Crippen LogP contribution in [-0.2, 0) is 24.9 Å². The summed E-state index contributed by atoms with van der Waals surface area (Å²) in [6.07, 6.45) is 2.06. The molecule has 5 heteroatoms. The number of fused-ring (bicyclic) bond motifs is 1. The van der Waals surface area contributed by atoms with Crippen LogP contribution in [-0.4, -0.2) is 39.9 Å². The van der Waals surface area contributed by atoms with Gasteiger partial charge in [0.1, 0.15) is 5.82 Å². The number of hydrogen-bond acceptors (Lipinski definition) is 2. The summed E-state index contributed by atoms with van der Waals surface area (Å²) >= 11 is 0. The normalized spacial score (nSPS) is 15.8. The van der Waals surface area contributed by atoms with Gasteiger partial charge in [-0.2, -0.15) is 0 Å². The zero-order chi connectivity index (χ0) is 18.1. The predicted octanol–water partition coefficient (Wildman–Crippen LogP) is 3.16. The molecule has 1 aliphatic heterocycles. The molecule has 134 valence electrons. The van der Waals surface area contributed by atoms with Crippen molar-refractivity contribution in [2.45, 2.75) is 13.1 Å². The third kappa shape index (κ3) is 3.48. The Morgan fingerprint density at radius 2 is 1.73 bits per heavy atom. The van der Waals surface area contributed by atoms with Crippen LogP contribution >= 0.6 is 0 Å². The Morgan fingerprint density at radius 3 is 2.50 bits per heavy atom. The zero-order valence-electron chi connectivity index (χ0n) is 14.9. The van der Waals surface area contributed by atoms with E-state index in [0.29, 0.717) is 19.6 Å². The molecule has 3 aromatic rings. The molecule has 1 aromatic heterocycles. The fourth-order valence-corrected chi connectivity index (χ4v) is 3.53. The van der Waals surface area contributed by atoms with Crippen molar-refractivity contribution in [3.05, 3.63) is 71.7 Å². The second-order valence-corrected chi connectivity index (χ2v) is 6.97. The van der Waals surface area contributed by atoms with E-state index in [1.54, 1.807) is 12.1 Å². The van der Waals surface area contributed by atoms with Crippen molar-refractivity contribution in [2.24, 2.45) is 7.05 Å². The summed E-state index contributed by atoms with van der Waals surface area (Å²) in [7, 11) is 2.05. The van der Waals surface area contributed by atoms with Crippen molar-refractivity contribution >= 4 is 16.8 Å². The van der Waals surface area contributed by atoms with Gasteiger partial charge in [-0.25, -0.2) is 4.39 Å². The Bertz CT molecular complexity index is 932. The molecule has 4 nitrogen and oxygen atoms in total. The van der Waals surface area contributed by atoms with Crippen LogP contribution < -0.4 is 0 Å². The standard InChI is InChI=1S/C21H22FN3O/c1-23-9-8-18-5-2-17(12-20(18)23)13-24-10-11-25(21(26)15-24)14-16-3-6-19(22)7-4-16/h2-9,12H,10-11,13-15H2,1H3. The summed E-state index contributed by atoms with van der Waals surface area (Å²) in [5.74, 6) is -0.124. The molecule has 1 saturated heterocycles. The first-order valence-corrected chi connectivity index (χ1v) is 8.87. The Hall–Kier alpha value is -2.66. The number of benzene rings is 2. The second kappa shape index (κ2) is 6.92. The number of carbonyl (C=O) groups excluding carboxylic acids is 1. The van der Waals surface area contributed by atoms with E-state index in [9.17, 15) is 9.18 Å². The molecule has 0 spiro atoms. The largest absolute Gasteiger partial charge is 0.351 e. The lowest BCUT2D eigenvalue weighted by Crippen LogP contribution is -2.49. The van der Waals surface area contributed by atoms with Crippen molar-refractivity contribution in [1.29, 1.82) is 0 Å². The Labute approximate surface area is 152 Å². The minimum Gasteiger partial charge on any atom is -0.351 e. The molecule has 0 unspecified atom stereocenters. The van der Waals surface area contributed by atoms with E-state index < -0.39 is 0 Å². The molecule has 0 bridgehead atoms. The highest BCUT2D eigenvalue weighted by Gasteiger charge is 2.24. The van der Waals surface area contributed by atoms with E-state index in [1.165, 1.54) is 28.6 Å². The van der Waals surface area contributed by atoms with E-state index >= 15 is 0 Å². The quantitative estimate of drug-likeness (QED) is 0.722. The number of piperazine rings is 1. The first-order chi connectivity index (χ1) is 12.6. The van der Waals surface area contributed by atoms with Crippen LogP contribution in [0.5, 0.6) is 0 Å². The third-order valence-electron chi connectivity index (χ3n) is 5.04. The summed E-state index contributed by atoms with van der Waals surface area (Å²) in [4.78, 5) is 16.5. The highest BCUT2D eigenvalue weighted by molar-refractivity contribution is 5.81. The number of hydrogen-bond donors (Lipinski definition) is 0. The van der Waals surface area contributed by atoms with E-state index in [-0.39, 0.29) is 11.7 Å². The van der Waals surface area contributed by atoms with Crippen molar-refractivity contribution in [3.63, 3.8) is 0 Å². The summed E-state index contributed by atoms with van der Waals surface area (Å²) in [6.45, 7) is 3.28. The van der Waals surface area contributed by atoms with E-state index in [1.807, 2.05) is 11.9 Å². The lowest BCUT2D eigenvalue weighted by molar-refractivity contribution is -0.136. The van der Waals surface area contributed by atoms with Crippen LogP contribution in [0.25, 0.3) is 10.9 Å². The molecule has 26 heavy (non-hydrogen) atoms. The lowest BCUT2D eigenvalue weighted by atomic mass is 10.1. The molecule has 2 aromatic carbocycles. The van der Waals surface area contributed by atoms with Crippen molar-refractivity contribution in [3.8, 4) is 0 Å². The Balaban J connectivity index is 1.39. The molecule has 0 saturated carbocycles. The summed E-state index contributed by atoms with van der Waals surface area (Å²) in [5, 5.41) is 1.23. The maximum atomic E-state index is 13.0. The van der Waals surface area contributed by atoms with E-state index in [0.717, 1.165) is 18.7 Å². The molecular weight excluding hydrogens is 329 g/mol. The number of amides is 1. The molecule has 1 fully saturated rings. The smallest absolute Gasteiger partial charge is 0.237 e. The first-order valence-electron chi connectivity index (χ1n) is 8.87. The van der Waals surface area contributed by atoms with E-state index in [4.69, 9.17) is 0 Å². The number of nitrogens with zero attached hydrogens (tertiary/aromatic N) is 3. The lowest BCUT2D eigenvalue weighted by Gasteiger charge is -2.34. The molecule has 0 N–H and O–H groups in total. The number of rotatable bonds is 4. The van der Waals surface area contributed by atoms with Gasteiger partial charge in [0, 0.05) is 44.9 Å². The summed E-state index contributed by atoms with van der Waals surface area (Å²) in [6, 6.07) is 14.9. The maximum Gasteiger partial charge on any atom is 0.237 e. The molecule has 4 rings (SSSR count). The molecule has 0 atom stereocenters. The molecule has 2 heterocycles. The third-order valence-corrected chi connectivity index (χ3v) is 5.04. The van der Waals surface area contributed by atoms with Gasteiger partial charge < -0.3 is 9.47 Å². The van der Waals surface area contributed by atoms with Crippen LogP contribution in [0, 0.1) is 5.82 Å². The van der Waals surface area contributed by atoms with E-state index in [2.05, 4.69) is 39.9 Å². The van der Waals surface area contributed by atoms with Crippen LogP contribution in [0.3, 0.4) is 0 Å². The second-order valence-electron chi connectivity index (χ2n) is 6.97. The van der Waals surface area contributed by atoms with Crippen LogP contribution in [0.1, 0.15) is 11.1 Å². The van der Waals surface area contributed by atoms with Gasteiger partial charge in [-0.1, -0.05) is 24.3 Å². The van der Waals surface area contributed by atoms with Gasteiger partial charge in [0.2, 0.25) is 5.91 Å². The topological polar surface area (TPSA) is 28.5 Å². The SMILES string of the molecule is Cn1ccc2ccc(CN3CCN(Cc4ccc(F)cc4)C(=O)C3)cc21. The average Bonchev–Trinajstić information content (AvgIpc) is 3.00. The number of aromatic nitrogens is 1. The minimum atomic E-state index is -0.250. The zero-order valence-corrected chi connectivity index (χ0v) is 14.9. The van der Waals surface area contributed by atoms with Crippen LogP contribution in [0.4, 0.5) is 4.39 Å². The van der Waals surface area contributed by atoms with Crippen molar-refractivity contribution in [2.75, 3.05) is 19.6 Å². The van der Waals surface area contributed by atoms with Gasteiger partial charge in [0.25, 0.3) is 0 Å². The average molecular weight is 351 g/mol. The monoisotopic (exact) mass is 351 g/mol. The molecule has 1 amide bonds. The van der Waals surface area contributed by atoms with Crippen LogP contribution in [0.2, 0.25) is 0 Å². The van der Waals surface area contributed by atoms with Crippen LogP contribution in [0.15, 0.2) is 54.7 Å². The maximum absolute atomic E-state index is 13.0. The number of carbonyl (C=O) groups is 1. The fraction of sp³-hybridized carbons (Fsp3) is 0.286. The fourth-order valence-electron chi connectivity index (χ4n) is 3.53. The predicted molar refractivity (Wildman–Crippen MR) is 100 cm³/mol. The van der Waals surface area contributed by atoms with Gasteiger partial charge in [-0.3, -0.25) is 9.69 Å². The van der Waals surface area contributed by atoms with Crippen molar-refractivity contribution < 1.29 is 9.18 Å². The van der Waals surface area contributed by atoms with Gasteiger partial charge in [-0.05, 0) is 40.8 Å². The molecular formula is C21H22FN3O. The molecule has 0 aliphatic carbocycles. The minimum absolute atomic E-state index is 0.125. The number of aryl methyl sites for hydroxylation is 1. The summed E-state index contributed by atoms with van der Waals surface area (Å²) < 4.78 is 15.1. The first kappa shape index (κ1) is 16.8. The van der Waals surface area contributed by atoms with Gasteiger partial charge in [0.05, 0.1) is 6.54 Å². The Kier molecular flexibility index (Phi) is 4.47. The van der Waals surface area contributed by atoms with Gasteiger partial charge >= 0.3 is 0 Å². The van der Waals surface area contributed by atoms with Gasteiger partial charge in [-0.15, -0.1) is 0 Å². The van der Waals surface area contributed by atoms with Crippen molar-refractivity contribution in [1.82, 2.24) is 14.4 Å². The molecule has 1 aliphatic rings. The Morgan fingerprint density at radius 1 is 0.962 bits per heavy atom. The highest BCUT2D eigenvalue weighted by atomic mass is 19.1. The summed E-state index contributed by atoms with van der Waals surface area (Å²) in [5.41, 5.74) is 3.39. The number of halogens is 1. The van der Waals surface area contributed by atoms with Gasteiger partial charge in [0.15, 0.2) is 0 Å².